The van der Waals surface area contributed by atoms with Crippen molar-refractivity contribution in [3.63, 3.8) is 0 Å². The third kappa shape index (κ3) is 4.87. The Hall–Kier alpha value is -2.32. The van der Waals surface area contributed by atoms with Crippen molar-refractivity contribution in [2.24, 2.45) is 0 Å². The molecule has 0 saturated heterocycles. The molecule has 30 heavy (non-hydrogen) atoms. The summed E-state index contributed by atoms with van der Waals surface area (Å²) in [5, 5.41) is 5.42. The second-order valence-corrected chi connectivity index (χ2v) is 10.7. The van der Waals surface area contributed by atoms with Gasteiger partial charge in [0.25, 0.3) is 0 Å². The number of hydrogen-bond donors (Lipinski definition) is 2. The molecule has 0 aromatic heterocycles. The smallest absolute Gasteiger partial charge is 0.237 e. The van der Waals surface area contributed by atoms with Gasteiger partial charge >= 0.3 is 0 Å². The molecule has 1 aliphatic rings. The number of carbonyl (C=O) groups is 2. The molecule has 0 unspecified atom stereocenters. The van der Waals surface area contributed by atoms with Gasteiger partial charge in [-0.1, -0.05) is 32.0 Å². The predicted octanol–water partition coefficient (Wildman–Crippen LogP) is 4.05. The second-order valence-electron chi connectivity index (χ2n) is 7.18. The Morgan fingerprint density at radius 2 is 1.80 bits per heavy atom. The maximum atomic E-state index is 12.8. The van der Waals surface area contributed by atoms with Crippen LogP contribution in [0.3, 0.4) is 0 Å². The van der Waals surface area contributed by atoms with E-state index in [0.717, 1.165) is 34.6 Å². The van der Waals surface area contributed by atoms with E-state index in [1.807, 2.05) is 32.0 Å². The summed E-state index contributed by atoms with van der Waals surface area (Å²) in [7, 11) is -3.66. The monoisotopic (exact) mass is 446 g/mol. The Labute approximate surface area is 181 Å². The molecule has 2 N–H and O–H groups in total. The van der Waals surface area contributed by atoms with Crippen LogP contribution in [-0.2, 0) is 32.3 Å². The van der Waals surface area contributed by atoms with E-state index in [9.17, 15) is 18.0 Å². The summed E-state index contributed by atoms with van der Waals surface area (Å²) in [5.74, 6) is -0.780. The lowest BCUT2D eigenvalue weighted by atomic mass is 10.0. The summed E-state index contributed by atoms with van der Waals surface area (Å²) < 4.78 is 25.5. The minimum absolute atomic E-state index is 0.104. The highest BCUT2D eigenvalue weighted by molar-refractivity contribution is 8.01. The zero-order valence-electron chi connectivity index (χ0n) is 17.3. The van der Waals surface area contributed by atoms with Crippen LogP contribution in [0, 0.1) is 0 Å². The molecule has 6 nitrogen and oxygen atoms in total. The molecule has 0 fully saturated rings. The normalized spacial score (nSPS) is 16.0. The van der Waals surface area contributed by atoms with Crippen LogP contribution in [0.1, 0.15) is 38.3 Å². The van der Waals surface area contributed by atoms with Crippen LogP contribution < -0.4 is 10.6 Å². The molecule has 8 heteroatoms. The largest absolute Gasteiger partial charge is 0.326 e. The van der Waals surface area contributed by atoms with E-state index >= 15 is 0 Å². The molecule has 2 amide bonds. The van der Waals surface area contributed by atoms with Crippen molar-refractivity contribution in [1.82, 2.24) is 0 Å². The van der Waals surface area contributed by atoms with Crippen LogP contribution in [-0.4, -0.2) is 31.2 Å². The number of amides is 2. The molecule has 0 saturated carbocycles. The Morgan fingerprint density at radius 1 is 1.13 bits per heavy atom. The first-order chi connectivity index (χ1) is 14.2. The van der Waals surface area contributed by atoms with Gasteiger partial charge in [-0.3, -0.25) is 9.59 Å². The Kier molecular flexibility index (Phi) is 6.88. The molecule has 1 aliphatic heterocycles. The van der Waals surface area contributed by atoms with Crippen LogP contribution in [0.5, 0.6) is 0 Å². The van der Waals surface area contributed by atoms with E-state index in [4.69, 9.17) is 0 Å². The van der Waals surface area contributed by atoms with Gasteiger partial charge < -0.3 is 10.6 Å². The number of sulfone groups is 1. The van der Waals surface area contributed by atoms with Gasteiger partial charge in [-0.15, -0.1) is 11.8 Å². The number of hydrogen-bond acceptors (Lipinski definition) is 5. The first-order valence-corrected chi connectivity index (χ1v) is 12.5. The van der Waals surface area contributed by atoms with E-state index < -0.39 is 9.84 Å². The van der Waals surface area contributed by atoms with Gasteiger partial charge in [-0.05, 0) is 49.1 Å². The first kappa shape index (κ1) is 22.4. The maximum Gasteiger partial charge on any atom is 0.237 e. The fourth-order valence-corrected chi connectivity index (χ4v) is 5.52. The van der Waals surface area contributed by atoms with Crippen LogP contribution in [0.25, 0.3) is 0 Å². The third-order valence-electron chi connectivity index (χ3n) is 5.10. The van der Waals surface area contributed by atoms with E-state index in [0.29, 0.717) is 5.69 Å². The first-order valence-electron chi connectivity index (χ1n) is 10.00. The van der Waals surface area contributed by atoms with Gasteiger partial charge in [0.15, 0.2) is 9.84 Å². The highest BCUT2D eigenvalue weighted by Crippen LogP contribution is 2.37. The number of thioether (sulfide) groups is 1. The number of anilines is 2. The fourth-order valence-electron chi connectivity index (χ4n) is 3.33. The Bertz CT molecular complexity index is 1060. The number of aryl methyl sites for hydroxylation is 2. The minimum atomic E-state index is -3.66. The second kappa shape index (κ2) is 9.22. The Balaban J connectivity index is 1.71. The molecule has 0 bridgehead atoms. The van der Waals surface area contributed by atoms with Gasteiger partial charge in [0.1, 0.15) is 0 Å². The van der Waals surface area contributed by atoms with Gasteiger partial charge in [-0.25, -0.2) is 8.42 Å². The summed E-state index contributed by atoms with van der Waals surface area (Å²) in [6, 6.07) is 10.6. The molecule has 0 spiro atoms. The van der Waals surface area contributed by atoms with E-state index in [1.54, 1.807) is 13.0 Å². The van der Waals surface area contributed by atoms with Crippen LogP contribution >= 0.6 is 11.8 Å². The molecular formula is C22H26N2O4S2. The average molecular weight is 447 g/mol. The predicted molar refractivity (Wildman–Crippen MR) is 121 cm³/mol. The highest BCUT2D eigenvalue weighted by Gasteiger charge is 2.25. The molecule has 2 aromatic carbocycles. The molecule has 0 aliphatic carbocycles. The SMILES string of the molecule is CCc1cccc(CC)c1NC(=O)CCS(=O)(=O)c1ccc2c(c1)NC(=O)[C@@H](C)S2. The van der Waals surface area contributed by atoms with E-state index in [1.165, 1.54) is 23.9 Å². The fraction of sp³-hybridized carbons (Fsp3) is 0.364. The van der Waals surface area contributed by atoms with Crippen molar-refractivity contribution >= 4 is 44.8 Å². The summed E-state index contributed by atoms with van der Waals surface area (Å²) in [6.07, 6.45) is 1.41. The number of carbonyl (C=O) groups excluding carboxylic acids is 2. The van der Waals surface area contributed by atoms with Gasteiger partial charge in [0.05, 0.1) is 21.6 Å². The molecule has 160 valence electrons. The minimum Gasteiger partial charge on any atom is -0.326 e. The van der Waals surface area contributed by atoms with Crippen LogP contribution in [0.2, 0.25) is 0 Å². The standard InChI is InChI=1S/C22H26N2O4S2/c1-4-15-7-6-8-16(5-2)21(15)24-20(25)11-12-30(27,28)17-9-10-19-18(13-17)23-22(26)14(3)29-19/h6-10,13-14H,4-5,11-12H2,1-3H3,(H,23,26)(H,24,25)/t14-/m1/s1. The lowest BCUT2D eigenvalue weighted by Gasteiger charge is -2.21. The molecule has 1 atom stereocenters. The number of benzene rings is 2. The summed E-state index contributed by atoms with van der Waals surface area (Å²) in [4.78, 5) is 25.3. The molecule has 2 aromatic rings. The van der Waals surface area contributed by atoms with Crippen molar-refractivity contribution in [1.29, 1.82) is 0 Å². The number of fused-ring (bicyclic) bond motifs is 1. The van der Waals surface area contributed by atoms with E-state index in [-0.39, 0.29) is 34.1 Å². The average Bonchev–Trinajstić information content (AvgIpc) is 2.73. The van der Waals surface area contributed by atoms with Gasteiger partial charge in [0, 0.05) is 17.0 Å². The number of nitrogens with one attached hydrogen (secondary N) is 2. The number of para-hydroxylation sites is 1. The lowest BCUT2D eigenvalue weighted by Crippen LogP contribution is -2.26. The van der Waals surface area contributed by atoms with Gasteiger partial charge in [-0.2, -0.15) is 0 Å². The van der Waals surface area contributed by atoms with Crippen molar-refractivity contribution in [3.05, 3.63) is 47.5 Å². The third-order valence-corrected chi connectivity index (χ3v) is 7.99. The molecule has 1 heterocycles. The summed E-state index contributed by atoms with van der Waals surface area (Å²) in [6.45, 7) is 5.83. The lowest BCUT2D eigenvalue weighted by molar-refractivity contribution is -0.116. The van der Waals surface area contributed by atoms with Crippen molar-refractivity contribution in [2.45, 2.75) is 55.1 Å². The maximum absolute atomic E-state index is 12.8. The molecule has 0 radical (unpaired) electrons. The summed E-state index contributed by atoms with van der Waals surface area (Å²) in [5.41, 5.74) is 3.34. The zero-order chi connectivity index (χ0) is 21.9. The van der Waals surface area contributed by atoms with E-state index in [2.05, 4.69) is 10.6 Å². The highest BCUT2D eigenvalue weighted by atomic mass is 32.2. The quantitative estimate of drug-likeness (QED) is 0.669. The van der Waals surface area contributed by atoms with Crippen molar-refractivity contribution < 1.29 is 18.0 Å². The molecular weight excluding hydrogens is 420 g/mol. The summed E-state index contributed by atoms with van der Waals surface area (Å²) >= 11 is 1.39. The van der Waals surface area contributed by atoms with Crippen molar-refractivity contribution in [2.75, 3.05) is 16.4 Å². The molecule has 3 rings (SSSR count). The van der Waals surface area contributed by atoms with Crippen molar-refractivity contribution in [3.8, 4) is 0 Å². The topological polar surface area (TPSA) is 92.3 Å². The number of rotatable bonds is 7. The Morgan fingerprint density at radius 3 is 2.43 bits per heavy atom. The zero-order valence-corrected chi connectivity index (χ0v) is 19.0. The van der Waals surface area contributed by atoms with Gasteiger partial charge in [0.2, 0.25) is 11.8 Å². The van der Waals surface area contributed by atoms with Crippen LogP contribution in [0.4, 0.5) is 11.4 Å². The van der Waals surface area contributed by atoms with Crippen LogP contribution in [0.15, 0.2) is 46.2 Å².